The molecule has 2 fully saturated rings. The van der Waals surface area contributed by atoms with E-state index in [0.717, 1.165) is 49.4 Å². The van der Waals surface area contributed by atoms with Gasteiger partial charge in [-0.15, -0.1) is 10.2 Å². The molecule has 32 heavy (non-hydrogen) atoms. The lowest BCUT2D eigenvalue weighted by molar-refractivity contribution is -0.130. The first-order valence-corrected chi connectivity index (χ1v) is 12.3. The van der Waals surface area contributed by atoms with E-state index in [0.29, 0.717) is 11.7 Å². The van der Waals surface area contributed by atoms with E-state index in [2.05, 4.69) is 63.0 Å². The molecule has 0 unspecified atom stereocenters. The van der Waals surface area contributed by atoms with Gasteiger partial charge in [-0.25, -0.2) is 0 Å². The van der Waals surface area contributed by atoms with Gasteiger partial charge >= 0.3 is 0 Å². The van der Waals surface area contributed by atoms with Crippen molar-refractivity contribution in [1.29, 1.82) is 0 Å². The lowest BCUT2D eigenvalue weighted by atomic mass is 10.1. The second-order valence-electron chi connectivity index (χ2n) is 8.72. The van der Waals surface area contributed by atoms with Crippen LogP contribution >= 0.6 is 11.8 Å². The minimum Gasteiger partial charge on any atom is -0.339 e. The first-order valence-electron chi connectivity index (χ1n) is 11.4. The zero-order valence-electron chi connectivity index (χ0n) is 18.5. The maximum atomic E-state index is 12.9. The molecule has 5 rings (SSSR count). The number of aryl methyl sites for hydroxylation is 1. The highest BCUT2D eigenvalue weighted by atomic mass is 32.2. The average Bonchev–Trinajstić information content (AvgIpc) is 3.57. The van der Waals surface area contributed by atoms with Gasteiger partial charge in [-0.3, -0.25) is 14.3 Å². The number of carbonyl (C=O) groups is 1. The highest BCUT2D eigenvalue weighted by molar-refractivity contribution is 7.99. The summed E-state index contributed by atoms with van der Waals surface area (Å²) in [6.45, 7) is 6.47. The van der Waals surface area contributed by atoms with Crippen LogP contribution in [0.15, 0.2) is 59.8 Å². The molecule has 1 aromatic heterocycles. The third kappa shape index (κ3) is 4.89. The summed E-state index contributed by atoms with van der Waals surface area (Å²) in [6.07, 6.45) is 2.34. The molecule has 7 heteroatoms. The van der Waals surface area contributed by atoms with Crippen molar-refractivity contribution < 1.29 is 4.79 Å². The quantitative estimate of drug-likeness (QED) is 0.515. The Hall–Kier alpha value is -2.64. The molecule has 1 saturated carbocycles. The average molecular weight is 448 g/mol. The van der Waals surface area contributed by atoms with Gasteiger partial charge in [0.1, 0.15) is 5.82 Å². The first-order chi connectivity index (χ1) is 15.7. The highest BCUT2D eigenvalue weighted by Crippen LogP contribution is 2.41. The lowest BCUT2D eigenvalue weighted by Crippen LogP contribution is -2.48. The second-order valence-corrected chi connectivity index (χ2v) is 9.66. The van der Waals surface area contributed by atoms with Crippen LogP contribution in [0.25, 0.3) is 5.69 Å². The molecule has 3 aromatic rings. The number of nitrogens with zero attached hydrogens (tertiary/aromatic N) is 5. The Morgan fingerprint density at radius 1 is 1.00 bits per heavy atom. The van der Waals surface area contributed by atoms with E-state index in [1.54, 1.807) is 0 Å². The molecular weight excluding hydrogens is 418 g/mol. The number of benzene rings is 2. The highest BCUT2D eigenvalue weighted by Gasteiger charge is 2.31. The van der Waals surface area contributed by atoms with E-state index in [4.69, 9.17) is 0 Å². The zero-order valence-corrected chi connectivity index (χ0v) is 19.3. The van der Waals surface area contributed by atoms with Crippen LogP contribution in [0.4, 0.5) is 0 Å². The van der Waals surface area contributed by atoms with Gasteiger partial charge in [0.2, 0.25) is 5.91 Å². The van der Waals surface area contributed by atoms with Gasteiger partial charge < -0.3 is 4.90 Å². The normalized spacial score (nSPS) is 17.0. The lowest BCUT2D eigenvalue weighted by Gasteiger charge is -2.34. The van der Waals surface area contributed by atoms with Crippen LogP contribution < -0.4 is 0 Å². The zero-order chi connectivity index (χ0) is 21.9. The summed E-state index contributed by atoms with van der Waals surface area (Å²) in [6, 6.07) is 18.9. The van der Waals surface area contributed by atoms with Crippen LogP contribution in [-0.4, -0.2) is 62.4 Å². The summed E-state index contributed by atoms with van der Waals surface area (Å²) in [5, 5.41) is 9.71. The third-order valence-corrected chi connectivity index (χ3v) is 7.07. The molecule has 0 radical (unpaired) electrons. The minimum absolute atomic E-state index is 0.181. The third-order valence-electron chi connectivity index (χ3n) is 6.15. The number of hydrogen-bond donors (Lipinski definition) is 0. The molecule has 2 heterocycles. The summed E-state index contributed by atoms with van der Waals surface area (Å²) in [5.74, 6) is 2.10. The van der Waals surface area contributed by atoms with Crippen molar-refractivity contribution >= 4 is 17.7 Å². The number of aromatic nitrogens is 3. The number of rotatable bonds is 7. The van der Waals surface area contributed by atoms with E-state index in [9.17, 15) is 4.79 Å². The molecule has 0 bridgehead atoms. The van der Waals surface area contributed by atoms with Gasteiger partial charge in [0.15, 0.2) is 5.16 Å². The predicted molar refractivity (Wildman–Crippen MR) is 127 cm³/mol. The van der Waals surface area contributed by atoms with Crippen molar-refractivity contribution in [2.75, 3.05) is 31.9 Å². The van der Waals surface area contributed by atoms with Crippen molar-refractivity contribution in [2.24, 2.45) is 0 Å². The molecule has 0 N–H and O–H groups in total. The Morgan fingerprint density at radius 3 is 2.50 bits per heavy atom. The largest absolute Gasteiger partial charge is 0.339 e. The van der Waals surface area contributed by atoms with Gasteiger partial charge in [0.05, 0.1) is 5.75 Å². The summed E-state index contributed by atoms with van der Waals surface area (Å²) in [7, 11) is 0. The van der Waals surface area contributed by atoms with Gasteiger partial charge in [-0.05, 0) is 37.5 Å². The van der Waals surface area contributed by atoms with Crippen LogP contribution in [0.3, 0.4) is 0 Å². The van der Waals surface area contributed by atoms with E-state index in [1.807, 2.05) is 23.1 Å². The molecule has 1 aliphatic carbocycles. The van der Waals surface area contributed by atoms with Crippen molar-refractivity contribution in [2.45, 2.75) is 37.4 Å². The molecule has 6 nitrogen and oxygen atoms in total. The Kier molecular flexibility index (Phi) is 6.28. The maximum absolute atomic E-state index is 12.9. The Bertz CT molecular complexity index is 1070. The molecule has 166 valence electrons. The summed E-state index contributed by atoms with van der Waals surface area (Å²) < 4.78 is 2.13. The molecule has 2 aromatic carbocycles. The monoisotopic (exact) mass is 447 g/mol. The molecule has 1 saturated heterocycles. The van der Waals surface area contributed by atoms with E-state index in [1.165, 1.54) is 35.7 Å². The SMILES string of the molecule is Cc1cccc(CN2CCN(C(=O)CSc3nnc(C4CC4)n3-c3ccccc3)CC2)c1. The molecular formula is C25H29N5OS. The van der Waals surface area contributed by atoms with Crippen LogP contribution in [0, 0.1) is 6.92 Å². The van der Waals surface area contributed by atoms with Gasteiger partial charge in [0, 0.05) is 44.3 Å². The number of hydrogen-bond acceptors (Lipinski definition) is 5. The summed E-state index contributed by atoms with van der Waals surface area (Å²) >= 11 is 1.50. The Balaban J connectivity index is 1.17. The van der Waals surface area contributed by atoms with Crippen molar-refractivity contribution in [1.82, 2.24) is 24.6 Å². The molecule has 1 amide bonds. The van der Waals surface area contributed by atoms with Gasteiger partial charge in [-0.2, -0.15) is 0 Å². The van der Waals surface area contributed by atoms with Crippen molar-refractivity contribution in [3.05, 3.63) is 71.5 Å². The van der Waals surface area contributed by atoms with E-state index < -0.39 is 0 Å². The molecule has 0 atom stereocenters. The van der Waals surface area contributed by atoms with Gasteiger partial charge in [-0.1, -0.05) is 59.8 Å². The molecule has 2 aliphatic rings. The Labute approximate surface area is 193 Å². The summed E-state index contributed by atoms with van der Waals surface area (Å²) in [5.41, 5.74) is 3.70. The Morgan fingerprint density at radius 2 is 1.78 bits per heavy atom. The molecule has 0 spiro atoms. The number of amides is 1. The smallest absolute Gasteiger partial charge is 0.233 e. The molecule has 1 aliphatic heterocycles. The number of para-hydroxylation sites is 1. The number of thioether (sulfide) groups is 1. The topological polar surface area (TPSA) is 54.3 Å². The van der Waals surface area contributed by atoms with Crippen molar-refractivity contribution in [3.8, 4) is 5.69 Å². The maximum Gasteiger partial charge on any atom is 0.233 e. The van der Waals surface area contributed by atoms with Gasteiger partial charge in [0.25, 0.3) is 0 Å². The van der Waals surface area contributed by atoms with Crippen LogP contribution in [0.2, 0.25) is 0 Å². The predicted octanol–water partition coefficient (Wildman–Crippen LogP) is 3.89. The number of carbonyl (C=O) groups excluding carboxylic acids is 1. The fourth-order valence-electron chi connectivity index (χ4n) is 4.24. The standard InChI is InChI=1S/C25H29N5OS/c1-19-6-5-7-20(16-19)17-28-12-14-29(15-13-28)23(31)18-32-25-27-26-24(21-10-11-21)30(25)22-8-3-2-4-9-22/h2-9,16,21H,10-15,17-18H2,1H3. The first kappa shape index (κ1) is 21.2. The minimum atomic E-state index is 0.181. The van der Waals surface area contributed by atoms with E-state index in [-0.39, 0.29) is 5.91 Å². The summed E-state index contributed by atoms with van der Waals surface area (Å²) in [4.78, 5) is 17.3. The second kappa shape index (κ2) is 9.46. The fourth-order valence-corrected chi connectivity index (χ4v) is 5.10. The number of piperazine rings is 1. The van der Waals surface area contributed by atoms with E-state index >= 15 is 0 Å². The van der Waals surface area contributed by atoms with Crippen LogP contribution in [0.5, 0.6) is 0 Å². The van der Waals surface area contributed by atoms with Crippen LogP contribution in [-0.2, 0) is 11.3 Å². The fraction of sp³-hybridized carbons (Fsp3) is 0.400. The van der Waals surface area contributed by atoms with Crippen molar-refractivity contribution in [3.63, 3.8) is 0 Å². The van der Waals surface area contributed by atoms with Crippen LogP contribution in [0.1, 0.15) is 35.7 Å².